The minimum absolute atomic E-state index is 0.0839. The third-order valence-electron chi connectivity index (χ3n) is 2.35. The fourth-order valence-corrected chi connectivity index (χ4v) is 1.54. The van der Waals surface area contributed by atoms with Crippen LogP contribution in [-0.4, -0.2) is 22.3 Å². The maximum absolute atomic E-state index is 9.14. The normalized spacial score (nSPS) is 17.6. The highest BCUT2D eigenvalue weighted by atomic mass is 16.6. The van der Waals surface area contributed by atoms with Gasteiger partial charge in [-0.2, -0.15) is 0 Å². The minimum atomic E-state index is -0.340. The monoisotopic (exact) mass is 209 g/mol. The van der Waals surface area contributed by atoms with Gasteiger partial charge in [0.1, 0.15) is 12.2 Å². The van der Waals surface area contributed by atoms with Crippen molar-refractivity contribution in [2.75, 3.05) is 6.61 Å². The lowest BCUT2D eigenvalue weighted by Crippen LogP contribution is -2.39. The average Bonchev–Trinajstić information content (AvgIpc) is 2.18. The van der Waals surface area contributed by atoms with Crippen molar-refractivity contribution >= 4 is 0 Å². The van der Waals surface area contributed by atoms with Crippen LogP contribution in [0.25, 0.3) is 0 Å². The van der Waals surface area contributed by atoms with Crippen molar-refractivity contribution in [3.8, 4) is 11.5 Å². The van der Waals surface area contributed by atoms with Crippen LogP contribution in [0.5, 0.6) is 11.5 Å². The highest BCUT2D eigenvalue weighted by Crippen LogP contribution is 2.39. The van der Waals surface area contributed by atoms with E-state index in [0.717, 1.165) is 5.69 Å². The molecule has 4 nitrogen and oxygen atoms in total. The molecule has 1 aromatic rings. The SMILES string of the molecule is Cc1ncc(CO)c2c1OC(C)(C)CO2. The lowest BCUT2D eigenvalue weighted by molar-refractivity contribution is 0.0183. The van der Waals surface area contributed by atoms with Gasteiger partial charge in [0.25, 0.3) is 0 Å². The van der Waals surface area contributed by atoms with Gasteiger partial charge in [-0.25, -0.2) is 0 Å². The zero-order valence-corrected chi connectivity index (χ0v) is 9.20. The lowest BCUT2D eigenvalue weighted by atomic mass is 10.1. The standard InChI is InChI=1S/C11H15NO3/c1-7-9-10(8(5-13)4-12-7)14-6-11(2,3)15-9/h4,13H,5-6H2,1-3H3. The molecule has 0 radical (unpaired) electrons. The molecule has 0 spiro atoms. The largest absolute Gasteiger partial charge is 0.485 e. The van der Waals surface area contributed by atoms with Crippen molar-refractivity contribution in [1.29, 1.82) is 0 Å². The van der Waals surface area contributed by atoms with Crippen LogP contribution >= 0.6 is 0 Å². The number of aromatic nitrogens is 1. The summed E-state index contributed by atoms with van der Waals surface area (Å²) < 4.78 is 11.4. The molecule has 0 amide bonds. The van der Waals surface area contributed by atoms with Gasteiger partial charge in [0.2, 0.25) is 0 Å². The Kier molecular flexibility index (Phi) is 2.31. The van der Waals surface area contributed by atoms with E-state index < -0.39 is 0 Å². The van der Waals surface area contributed by atoms with Crippen molar-refractivity contribution in [3.05, 3.63) is 17.5 Å². The second kappa shape index (κ2) is 3.38. The number of fused-ring (bicyclic) bond motifs is 1. The van der Waals surface area contributed by atoms with E-state index in [9.17, 15) is 0 Å². The summed E-state index contributed by atoms with van der Waals surface area (Å²) in [5.74, 6) is 1.28. The van der Waals surface area contributed by atoms with Gasteiger partial charge in [-0.1, -0.05) is 0 Å². The van der Waals surface area contributed by atoms with E-state index in [2.05, 4.69) is 4.98 Å². The maximum atomic E-state index is 9.14. The number of hydrogen-bond donors (Lipinski definition) is 1. The summed E-state index contributed by atoms with van der Waals surface area (Å²) in [7, 11) is 0. The van der Waals surface area contributed by atoms with Gasteiger partial charge < -0.3 is 14.6 Å². The quantitative estimate of drug-likeness (QED) is 0.760. The first-order chi connectivity index (χ1) is 7.03. The molecule has 4 heteroatoms. The summed E-state index contributed by atoms with van der Waals surface area (Å²) >= 11 is 0. The van der Waals surface area contributed by atoms with Crippen LogP contribution in [0.4, 0.5) is 0 Å². The van der Waals surface area contributed by atoms with E-state index in [4.69, 9.17) is 14.6 Å². The summed E-state index contributed by atoms with van der Waals surface area (Å²) in [5.41, 5.74) is 1.12. The fourth-order valence-electron chi connectivity index (χ4n) is 1.54. The summed E-state index contributed by atoms with van der Waals surface area (Å²) in [4.78, 5) is 4.16. The van der Waals surface area contributed by atoms with Gasteiger partial charge in [-0.05, 0) is 20.8 Å². The molecule has 82 valence electrons. The molecule has 1 N–H and O–H groups in total. The number of aliphatic hydroxyl groups excluding tert-OH is 1. The molecule has 0 aromatic carbocycles. The van der Waals surface area contributed by atoms with Gasteiger partial charge >= 0.3 is 0 Å². The van der Waals surface area contributed by atoms with Crippen LogP contribution < -0.4 is 9.47 Å². The third-order valence-corrected chi connectivity index (χ3v) is 2.35. The van der Waals surface area contributed by atoms with Crippen molar-refractivity contribution < 1.29 is 14.6 Å². The molecule has 0 aliphatic carbocycles. The van der Waals surface area contributed by atoms with E-state index in [-0.39, 0.29) is 12.2 Å². The second-order valence-electron chi connectivity index (χ2n) is 4.34. The smallest absolute Gasteiger partial charge is 0.183 e. The van der Waals surface area contributed by atoms with Gasteiger partial charge in [-0.15, -0.1) is 0 Å². The molecule has 1 aromatic heterocycles. The van der Waals surface area contributed by atoms with Crippen LogP contribution in [0.15, 0.2) is 6.20 Å². The van der Waals surface area contributed by atoms with Crippen LogP contribution in [0.1, 0.15) is 25.1 Å². The Hall–Kier alpha value is -1.29. The Labute approximate surface area is 88.9 Å². The number of aliphatic hydroxyl groups is 1. The van der Waals surface area contributed by atoms with Crippen molar-refractivity contribution in [2.24, 2.45) is 0 Å². The number of aryl methyl sites for hydroxylation is 1. The predicted octanol–water partition coefficient (Wildman–Crippen LogP) is 1.43. The molecule has 2 heterocycles. The lowest BCUT2D eigenvalue weighted by Gasteiger charge is -2.33. The molecular weight excluding hydrogens is 194 g/mol. The third kappa shape index (κ3) is 1.77. The minimum Gasteiger partial charge on any atom is -0.485 e. The molecule has 0 unspecified atom stereocenters. The van der Waals surface area contributed by atoms with Crippen molar-refractivity contribution in [1.82, 2.24) is 4.98 Å². The first-order valence-corrected chi connectivity index (χ1v) is 4.94. The topological polar surface area (TPSA) is 51.6 Å². The number of nitrogens with zero attached hydrogens (tertiary/aromatic N) is 1. The fraction of sp³-hybridized carbons (Fsp3) is 0.545. The van der Waals surface area contributed by atoms with Crippen LogP contribution in [0.3, 0.4) is 0 Å². The number of hydrogen-bond acceptors (Lipinski definition) is 4. The first-order valence-electron chi connectivity index (χ1n) is 4.94. The Balaban J connectivity index is 2.50. The van der Waals surface area contributed by atoms with E-state index in [1.807, 2.05) is 20.8 Å². The van der Waals surface area contributed by atoms with Crippen LogP contribution in [0.2, 0.25) is 0 Å². The van der Waals surface area contributed by atoms with Gasteiger partial charge in [0, 0.05) is 11.8 Å². The zero-order chi connectivity index (χ0) is 11.1. The average molecular weight is 209 g/mol. The second-order valence-corrected chi connectivity index (χ2v) is 4.34. The molecule has 2 rings (SSSR count). The van der Waals surface area contributed by atoms with Crippen LogP contribution in [-0.2, 0) is 6.61 Å². The van der Waals surface area contributed by atoms with Crippen molar-refractivity contribution in [2.45, 2.75) is 33.0 Å². The number of rotatable bonds is 1. The Morgan fingerprint density at radius 3 is 2.87 bits per heavy atom. The Morgan fingerprint density at radius 1 is 1.47 bits per heavy atom. The number of pyridine rings is 1. The molecule has 0 saturated carbocycles. The predicted molar refractivity (Wildman–Crippen MR) is 55.1 cm³/mol. The Morgan fingerprint density at radius 2 is 2.20 bits per heavy atom. The molecule has 1 aliphatic heterocycles. The van der Waals surface area contributed by atoms with Gasteiger partial charge in [0.15, 0.2) is 11.5 Å². The summed E-state index contributed by atoms with van der Waals surface area (Å²) in [5, 5.41) is 9.14. The van der Waals surface area contributed by atoms with E-state index >= 15 is 0 Å². The van der Waals surface area contributed by atoms with Crippen LogP contribution in [0, 0.1) is 6.92 Å². The maximum Gasteiger partial charge on any atom is 0.183 e. The molecule has 1 aliphatic rings. The highest BCUT2D eigenvalue weighted by Gasteiger charge is 2.31. The molecule has 0 bridgehead atoms. The molecule has 0 atom stereocenters. The van der Waals surface area contributed by atoms with E-state index in [1.54, 1.807) is 6.20 Å². The molecule has 15 heavy (non-hydrogen) atoms. The van der Waals surface area contributed by atoms with Crippen molar-refractivity contribution in [3.63, 3.8) is 0 Å². The first kappa shape index (κ1) is 10.2. The summed E-state index contributed by atoms with van der Waals surface area (Å²) in [6.07, 6.45) is 1.62. The zero-order valence-electron chi connectivity index (χ0n) is 9.20. The van der Waals surface area contributed by atoms with E-state index in [0.29, 0.717) is 23.7 Å². The Bertz CT molecular complexity index is 388. The van der Waals surface area contributed by atoms with E-state index in [1.165, 1.54) is 0 Å². The number of ether oxygens (including phenoxy) is 2. The van der Waals surface area contributed by atoms with Gasteiger partial charge in [0.05, 0.1) is 12.3 Å². The summed E-state index contributed by atoms with van der Waals surface area (Å²) in [6.45, 7) is 6.18. The highest BCUT2D eigenvalue weighted by molar-refractivity contribution is 5.49. The molecule has 0 fully saturated rings. The molecule has 0 saturated heterocycles. The van der Waals surface area contributed by atoms with Gasteiger partial charge in [-0.3, -0.25) is 4.98 Å². The summed E-state index contributed by atoms with van der Waals surface area (Å²) in [6, 6.07) is 0. The molecular formula is C11H15NO3.